The van der Waals surface area contributed by atoms with Crippen molar-refractivity contribution in [2.75, 3.05) is 6.54 Å². The van der Waals surface area contributed by atoms with E-state index < -0.39 is 0 Å². The van der Waals surface area contributed by atoms with Crippen molar-refractivity contribution in [2.45, 2.75) is 6.42 Å². The van der Waals surface area contributed by atoms with Gasteiger partial charge in [0.1, 0.15) is 0 Å². The van der Waals surface area contributed by atoms with Crippen molar-refractivity contribution in [1.82, 2.24) is 5.32 Å². The molecule has 70 valence electrons. The van der Waals surface area contributed by atoms with E-state index >= 15 is 0 Å². The van der Waals surface area contributed by atoms with Crippen LogP contribution in [0.1, 0.15) is 5.56 Å². The molecule has 0 heterocycles. The minimum absolute atomic E-state index is 0.164. The maximum Gasteiger partial charge on any atom is 0.287 e. The fourth-order valence-electron chi connectivity index (χ4n) is 0.998. The lowest BCUT2D eigenvalue weighted by atomic mass is 10.1. The van der Waals surface area contributed by atoms with E-state index in [0.717, 1.165) is 10.9 Å². The first-order valence-electron chi connectivity index (χ1n) is 3.86. The van der Waals surface area contributed by atoms with Gasteiger partial charge in [0.05, 0.1) is 0 Å². The Kier molecular flexibility index (Phi) is 4.45. The van der Waals surface area contributed by atoms with Gasteiger partial charge in [-0.05, 0) is 24.1 Å². The van der Waals surface area contributed by atoms with Gasteiger partial charge in [-0.1, -0.05) is 28.1 Å². The van der Waals surface area contributed by atoms with Gasteiger partial charge in [-0.2, -0.15) is 0 Å². The zero-order chi connectivity index (χ0) is 9.68. The van der Waals surface area contributed by atoms with Crippen molar-refractivity contribution in [1.29, 1.82) is 0 Å². The molecule has 0 radical (unpaired) electrons. The van der Waals surface area contributed by atoms with E-state index in [1.807, 2.05) is 24.3 Å². The van der Waals surface area contributed by atoms with Crippen LogP contribution < -0.4 is 5.32 Å². The molecular weight excluding hydrogens is 298 g/mol. The molecule has 0 fully saturated rings. The van der Waals surface area contributed by atoms with Crippen LogP contribution in [-0.2, 0) is 6.42 Å². The highest BCUT2D eigenvalue weighted by molar-refractivity contribution is 9.18. The molecule has 1 aromatic rings. The van der Waals surface area contributed by atoms with Gasteiger partial charge >= 0.3 is 0 Å². The number of amides is 1. The standard InChI is InChI=1S/C9H9Br2NO/c10-8-3-1-2-7(6-8)4-5-12-9(11)13/h1-3,6H,4-5H2,(H,12,13). The first-order valence-corrected chi connectivity index (χ1v) is 5.45. The van der Waals surface area contributed by atoms with Gasteiger partial charge in [0.2, 0.25) is 0 Å². The van der Waals surface area contributed by atoms with Crippen LogP contribution >= 0.6 is 31.9 Å². The summed E-state index contributed by atoms with van der Waals surface area (Å²) in [7, 11) is 0. The summed E-state index contributed by atoms with van der Waals surface area (Å²) in [5, 5.41) is 2.68. The first kappa shape index (κ1) is 10.7. The molecule has 0 aliphatic rings. The number of hydrogen-bond donors (Lipinski definition) is 1. The van der Waals surface area contributed by atoms with Crippen molar-refractivity contribution >= 4 is 36.7 Å². The third-order valence-electron chi connectivity index (χ3n) is 1.57. The Morgan fingerprint density at radius 1 is 1.46 bits per heavy atom. The highest BCUT2D eigenvalue weighted by Crippen LogP contribution is 2.11. The Morgan fingerprint density at radius 3 is 2.85 bits per heavy atom. The molecule has 0 aliphatic heterocycles. The fraction of sp³-hybridized carbons (Fsp3) is 0.222. The second kappa shape index (κ2) is 5.40. The lowest BCUT2D eigenvalue weighted by molar-refractivity contribution is 0.262. The maximum atomic E-state index is 10.5. The molecule has 0 bridgehead atoms. The number of carbonyl (C=O) groups excluding carboxylic acids is 1. The Balaban J connectivity index is 2.41. The summed E-state index contributed by atoms with van der Waals surface area (Å²) >= 11 is 6.19. The summed E-state index contributed by atoms with van der Waals surface area (Å²) in [4.78, 5) is 10.3. The van der Waals surface area contributed by atoms with Crippen LogP contribution in [0.25, 0.3) is 0 Å². The third kappa shape index (κ3) is 4.43. The molecule has 0 atom stereocenters. The van der Waals surface area contributed by atoms with E-state index in [4.69, 9.17) is 0 Å². The fourth-order valence-corrected chi connectivity index (χ4v) is 1.64. The van der Waals surface area contributed by atoms with Gasteiger partial charge < -0.3 is 5.32 Å². The second-order valence-corrected chi connectivity index (χ2v) is 4.22. The number of hydrogen-bond acceptors (Lipinski definition) is 1. The normalized spacial score (nSPS) is 9.69. The minimum atomic E-state index is -0.164. The van der Waals surface area contributed by atoms with Crippen LogP contribution in [-0.4, -0.2) is 11.4 Å². The summed E-state index contributed by atoms with van der Waals surface area (Å²) < 4.78 is 1.06. The quantitative estimate of drug-likeness (QED) is 0.675. The van der Waals surface area contributed by atoms with Crippen LogP contribution in [0.2, 0.25) is 0 Å². The molecule has 0 aromatic heterocycles. The van der Waals surface area contributed by atoms with E-state index in [9.17, 15) is 4.79 Å². The van der Waals surface area contributed by atoms with E-state index in [0.29, 0.717) is 6.54 Å². The molecule has 1 amide bonds. The highest BCUT2D eigenvalue weighted by Gasteiger charge is 1.95. The molecule has 13 heavy (non-hydrogen) atoms. The van der Waals surface area contributed by atoms with Gasteiger partial charge in [0.15, 0.2) is 0 Å². The molecule has 0 aliphatic carbocycles. The lowest BCUT2D eigenvalue weighted by Gasteiger charge is -2.01. The van der Waals surface area contributed by atoms with Crippen molar-refractivity contribution in [3.8, 4) is 0 Å². The predicted molar refractivity (Wildman–Crippen MR) is 60.2 cm³/mol. The summed E-state index contributed by atoms with van der Waals surface area (Å²) in [6, 6.07) is 8.04. The first-order chi connectivity index (χ1) is 6.18. The molecule has 0 saturated carbocycles. The molecule has 1 aromatic carbocycles. The monoisotopic (exact) mass is 305 g/mol. The predicted octanol–water partition coefficient (Wildman–Crippen LogP) is 3.10. The maximum absolute atomic E-state index is 10.5. The van der Waals surface area contributed by atoms with Crippen LogP contribution in [0.15, 0.2) is 28.7 Å². The second-order valence-electron chi connectivity index (χ2n) is 2.58. The van der Waals surface area contributed by atoms with Gasteiger partial charge in [0, 0.05) is 26.9 Å². The van der Waals surface area contributed by atoms with E-state index in [1.165, 1.54) is 5.56 Å². The van der Waals surface area contributed by atoms with E-state index in [2.05, 4.69) is 37.2 Å². The molecule has 0 unspecified atom stereocenters. The minimum Gasteiger partial charge on any atom is -0.346 e. The SMILES string of the molecule is O=C(Br)NCCc1cccc(Br)c1. The highest BCUT2D eigenvalue weighted by atomic mass is 79.9. The Bertz CT molecular complexity index is 301. The third-order valence-corrected chi connectivity index (χ3v) is 2.34. The molecule has 4 heteroatoms. The molecule has 1 N–H and O–H groups in total. The topological polar surface area (TPSA) is 29.1 Å². The van der Waals surface area contributed by atoms with Crippen LogP contribution in [0.3, 0.4) is 0 Å². The van der Waals surface area contributed by atoms with Crippen molar-refractivity contribution in [3.05, 3.63) is 34.3 Å². The molecular formula is C9H9Br2NO. The van der Waals surface area contributed by atoms with Crippen molar-refractivity contribution in [2.24, 2.45) is 0 Å². The Hall–Kier alpha value is -0.350. The number of halogens is 2. The van der Waals surface area contributed by atoms with Gasteiger partial charge in [-0.3, -0.25) is 4.79 Å². The lowest BCUT2D eigenvalue weighted by Crippen LogP contribution is -2.18. The van der Waals surface area contributed by atoms with E-state index in [-0.39, 0.29) is 4.82 Å². The average molecular weight is 307 g/mol. The Labute approximate surface area is 94.0 Å². The number of carbonyl (C=O) groups is 1. The molecule has 2 nitrogen and oxygen atoms in total. The van der Waals surface area contributed by atoms with Crippen LogP contribution in [0, 0.1) is 0 Å². The van der Waals surface area contributed by atoms with Gasteiger partial charge in [-0.25, -0.2) is 0 Å². The molecule has 1 rings (SSSR count). The van der Waals surface area contributed by atoms with E-state index in [1.54, 1.807) is 0 Å². The van der Waals surface area contributed by atoms with Crippen LogP contribution in [0.5, 0.6) is 0 Å². The molecule has 0 spiro atoms. The summed E-state index contributed by atoms with van der Waals surface area (Å²) in [6.07, 6.45) is 0.844. The summed E-state index contributed by atoms with van der Waals surface area (Å²) in [6.45, 7) is 0.653. The number of benzene rings is 1. The summed E-state index contributed by atoms with van der Waals surface area (Å²) in [5.41, 5.74) is 1.20. The zero-order valence-electron chi connectivity index (χ0n) is 6.89. The smallest absolute Gasteiger partial charge is 0.287 e. The largest absolute Gasteiger partial charge is 0.346 e. The van der Waals surface area contributed by atoms with Gasteiger partial charge in [0.25, 0.3) is 4.82 Å². The number of nitrogens with one attached hydrogen (secondary N) is 1. The van der Waals surface area contributed by atoms with Crippen molar-refractivity contribution < 1.29 is 4.79 Å². The number of rotatable bonds is 3. The summed E-state index contributed by atoms with van der Waals surface area (Å²) in [5.74, 6) is 0. The average Bonchev–Trinajstić information content (AvgIpc) is 2.03. The van der Waals surface area contributed by atoms with Gasteiger partial charge in [-0.15, -0.1) is 0 Å². The zero-order valence-corrected chi connectivity index (χ0v) is 10.1. The molecule has 0 saturated heterocycles. The Morgan fingerprint density at radius 2 is 2.23 bits per heavy atom. The van der Waals surface area contributed by atoms with Crippen molar-refractivity contribution in [3.63, 3.8) is 0 Å². The van der Waals surface area contributed by atoms with Crippen LogP contribution in [0.4, 0.5) is 4.79 Å².